The Hall–Kier alpha value is -2.54. The maximum Gasteiger partial charge on any atom is 0.227 e. The van der Waals surface area contributed by atoms with Crippen LogP contribution in [0.2, 0.25) is 0 Å². The molecule has 0 bridgehead atoms. The van der Waals surface area contributed by atoms with Crippen LogP contribution in [-0.4, -0.2) is 62.3 Å². The molecule has 2 aromatic rings. The summed E-state index contributed by atoms with van der Waals surface area (Å²) >= 11 is 0. The van der Waals surface area contributed by atoms with Crippen LogP contribution in [0.25, 0.3) is 0 Å². The molecule has 7 heteroatoms. The minimum Gasteiger partial charge on any atom is -0.493 e. The van der Waals surface area contributed by atoms with E-state index in [2.05, 4.69) is 32.1 Å². The highest BCUT2D eigenvalue weighted by molar-refractivity contribution is 5.45. The predicted molar refractivity (Wildman–Crippen MR) is 98.6 cm³/mol. The van der Waals surface area contributed by atoms with Crippen molar-refractivity contribution in [2.75, 3.05) is 57.7 Å². The number of piperazine rings is 1. The van der Waals surface area contributed by atoms with Crippen LogP contribution in [0.4, 0.5) is 11.8 Å². The van der Waals surface area contributed by atoms with Gasteiger partial charge in [0, 0.05) is 38.9 Å². The average molecular weight is 343 g/mol. The molecule has 0 radical (unpaired) electrons. The SMILES string of the molecule is COc1ccc(CNc2ccnc(N3CCN(C)CC3)n2)cc1OC. The number of rotatable bonds is 6. The summed E-state index contributed by atoms with van der Waals surface area (Å²) in [6, 6.07) is 7.77. The highest BCUT2D eigenvalue weighted by Crippen LogP contribution is 2.27. The lowest BCUT2D eigenvalue weighted by Crippen LogP contribution is -2.45. The fourth-order valence-corrected chi connectivity index (χ4v) is 2.79. The number of ether oxygens (including phenoxy) is 2. The van der Waals surface area contributed by atoms with Gasteiger partial charge in [0.05, 0.1) is 14.2 Å². The second-order valence-electron chi connectivity index (χ2n) is 6.08. The number of likely N-dealkylation sites (N-methyl/N-ethyl adjacent to an activating group) is 1. The summed E-state index contributed by atoms with van der Waals surface area (Å²) in [7, 11) is 5.41. The molecule has 1 aliphatic heterocycles. The lowest BCUT2D eigenvalue weighted by Gasteiger charge is -2.32. The molecule has 1 aliphatic rings. The third-order valence-electron chi connectivity index (χ3n) is 4.35. The molecule has 0 saturated carbocycles. The second kappa shape index (κ2) is 8.02. The highest BCUT2D eigenvalue weighted by Gasteiger charge is 2.16. The van der Waals surface area contributed by atoms with E-state index in [-0.39, 0.29) is 0 Å². The van der Waals surface area contributed by atoms with Crippen molar-refractivity contribution in [2.45, 2.75) is 6.54 Å². The standard InChI is InChI=1S/C18H25N5O2/c1-22-8-10-23(11-9-22)18-19-7-6-17(21-18)20-13-14-4-5-15(24-2)16(12-14)25-3/h4-7,12H,8-11,13H2,1-3H3,(H,19,20,21). The fraction of sp³-hybridized carbons (Fsp3) is 0.444. The van der Waals surface area contributed by atoms with Crippen molar-refractivity contribution in [2.24, 2.45) is 0 Å². The van der Waals surface area contributed by atoms with Crippen LogP contribution in [0, 0.1) is 0 Å². The molecule has 25 heavy (non-hydrogen) atoms. The Morgan fingerprint density at radius 1 is 1.04 bits per heavy atom. The van der Waals surface area contributed by atoms with Gasteiger partial charge in [-0.3, -0.25) is 0 Å². The van der Waals surface area contributed by atoms with Gasteiger partial charge in [-0.1, -0.05) is 6.07 Å². The van der Waals surface area contributed by atoms with E-state index in [0.29, 0.717) is 6.54 Å². The molecule has 1 aromatic heterocycles. The van der Waals surface area contributed by atoms with Gasteiger partial charge in [0.1, 0.15) is 5.82 Å². The molecule has 0 spiro atoms. The van der Waals surface area contributed by atoms with Crippen LogP contribution >= 0.6 is 0 Å². The molecular weight excluding hydrogens is 318 g/mol. The Morgan fingerprint density at radius 2 is 1.80 bits per heavy atom. The zero-order chi connectivity index (χ0) is 17.6. The summed E-state index contributed by atoms with van der Waals surface area (Å²) < 4.78 is 10.6. The Labute approximate surface area is 148 Å². The topological polar surface area (TPSA) is 62.8 Å². The number of hydrogen-bond acceptors (Lipinski definition) is 7. The van der Waals surface area contributed by atoms with E-state index in [4.69, 9.17) is 9.47 Å². The number of anilines is 2. The van der Waals surface area contributed by atoms with Crippen molar-refractivity contribution < 1.29 is 9.47 Å². The van der Waals surface area contributed by atoms with Crippen molar-refractivity contribution in [3.05, 3.63) is 36.0 Å². The van der Waals surface area contributed by atoms with Crippen molar-refractivity contribution in [3.8, 4) is 11.5 Å². The van der Waals surface area contributed by atoms with Gasteiger partial charge in [-0.15, -0.1) is 0 Å². The Bertz CT molecular complexity index is 702. The lowest BCUT2D eigenvalue weighted by molar-refractivity contribution is 0.311. The van der Waals surface area contributed by atoms with Crippen molar-refractivity contribution in [1.82, 2.24) is 14.9 Å². The summed E-state index contributed by atoms with van der Waals surface area (Å²) in [6.45, 7) is 4.63. The van der Waals surface area contributed by atoms with Crippen molar-refractivity contribution in [3.63, 3.8) is 0 Å². The third-order valence-corrected chi connectivity index (χ3v) is 4.35. The monoisotopic (exact) mass is 343 g/mol. The van der Waals surface area contributed by atoms with Crippen molar-refractivity contribution in [1.29, 1.82) is 0 Å². The Morgan fingerprint density at radius 3 is 2.52 bits per heavy atom. The predicted octanol–water partition coefficient (Wildman–Crippen LogP) is 1.86. The molecule has 1 fully saturated rings. The fourth-order valence-electron chi connectivity index (χ4n) is 2.79. The van der Waals surface area contributed by atoms with Crippen LogP contribution in [-0.2, 0) is 6.54 Å². The quantitative estimate of drug-likeness (QED) is 0.859. The minimum absolute atomic E-state index is 0.652. The zero-order valence-corrected chi connectivity index (χ0v) is 15.0. The van der Waals surface area contributed by atoms with E-state index in [1.165, 1.54) is 0 Å². The minimum atomic E-state index is 0.652. The van der Waals surface area contributed by atoms with Crippen molar-refractivity contribution >= 4 is 11.8 Å². The molecule has 1 saturated heterocycles. The summed E-state index contributed by atoms with van der Waals surface area (Å²) in [4.78, 5) is 13.6. The first kappa shape index (κ1) is 17.3. The number of nitrogens with zero attached hydrogens (tertiary/aromatic N) is 4. The molecule has 0 aliphatic carbocycles. The van der Waals surface area contributed by atoms with Gasteiger partial charge >= 0.3 is 0 Å². The number of aromatic nitrogens is 2. The lowest BCUT2D eigenvalue weighted by atomic mass is 10.2. The van der Waals surface area contributed by atoms with Crippen LogP contribution in [0.5, 0.6) is 11.5 Å². The smallest absolute Gasteiger partial charge is 0.227 e. The second-order valence-corrected chi connectivity index (χ2v) is 6.08. The molecule has 1 aromatic carbocycles. The van der Waals surface area contributed by atoms with Gasteiger partial charge in [-0.25, -0.2) is 4.98 Å². The largest absolute Gasteiger partial charge is 0.493 e. The normalized spacial score (nSPS) is 15.1. The number of benzene rings is 1. The first-order chi connectivity index (χ1) is 12.2. The Kier molecular flexibility index (Phi) is 5.55. The van der Waals surface area contributed by atoms with Gasteiger partial charge in [0.2, 0.25) is 5.95 Å². The van der Waals surface area contributed by atoms with Gasteiger partial charge in [0.25, 0.3) is 0 Å². The molecule has 1 N–H and O–H groups in total. The van der Waals surface area contributed by atoms with E-state index >= 15 is 0 Å². The molecule has 0 unspecified atom stereocenters. The van der Waals surface area contributed by atoms with E-state index in [9.17, 15) is 0 Å². The molecule has 2 heterocycles. The van der Waals surface area contributed by atoms with E-state index in [1.807, 2.05) is 24.3 Å². The summed E-state index contributed by atoms with van der Waals surface area (Å²) in [5, 5.41) is 3.35. The van der Waals surface area contributed by atoms with Crippen LogP contribution in [0.1, 0.15) is 5.56 Å². The highest BCUT2D eigenvalue weighted by atomic mass is 16.5. The maximum absolute atomic E-state index is 5.35. The third kappa shape index (κ3) is 4.30. The van der Waals surface area contributed by atoms with Gasteiger partial charge in [-0.2, -0.15) is 4.98 Å². The number of nitrogens with one attached hydrogen (secondary N) is 1. The Balaban J connectivity index is 1.64. The summed E-state index contributed by atoms with van der Waals surface area (Å²) in [5.41, 5.74) is 1.09. The molecular formula is C18H25N5O2. The van der Waals surface area contributed by atoms with Gasteiger partial charge in [-0.05, 0) is 30.8 Å². The van der Waals surface area contributed by atoms with Crippen LogP contribution in [0.15, 0.2) is 30.5 Å². The number of methoxy groups -OCH3 is 2. The first-order valence-electron chi connectivity index (χ1n) is 8.41. The molecule has 0 atom stereocenters. The first-order valence-corrected chi connectivity index (χ1v) is 8.41. The maximum atomic E-state index is 5.35. The summed E-state index contributed by atoms with van der Waals surface area (Å²) in [5.74, 6) is 3.05. The van der Waals surface area contributed by atoms with E-state index < -0.39 is 0 Å². The summed E-state index contributed by atoms with van der Waals surface area (Å²) in [6.07, 6.45) is 1.80. The van der Waals surface area contributed by atoms with Crippen LogP contribution in [0.3, 0.4) is 0 Å². The molecule has 3 rings (SSSR count). The van der Waals surface area contributed by atoms with Crippen LogP contribution < -0.4 is 19.7 Å². The van der Waals surface area contributed by atoms with Gasteiger partial charge in [0.15, 0.2) is 11.5 Å². The molecule has 0 amide bonds. The number of hydrogen-bond donors (Lipinski definition) is 1. The van der Waals surface area contributed by atoms with Gasteiger partial charge < -0.3 is 24.6 Å². The molecule has 7 nitrogen and oxygen atoms in total. The van der Waals surface area contributed by atoms with E-state index in [1.54, 1.807) is 20.4 Å². The van der Waals surface area contributed by atoms with E-state index in [0.717, 1.165) is 55.0 Å². The zero-order valence-electron chi connectivity index (χ0n) is 15.0. The molecule has 134 valence electrons. The average Bonchev–Trinajstić information content (AvgIpc) is 2.67.